The molecular formula is C40H43BrN6O8S2. The number of halogens is 1. The lowest BCUT2D eigenvalue weighted by atomic mass is 10.1. The first-order valence-corrected chi connectivity index (χ1v) is 20.6. The van der Waals surface area contributed by atoms with Crippen molar-refractivity contribution in [2.24, 2.45) is 10.3 Å². The fraction of sp³-hybridized carbons (Fsp3) is 0.300. The zero-order chi connectivity index (χ0) is 41.2. The minimum Gasteiger partial charge on any atom is -0.508 e. The van der Waals surface area contributed by atoms with E-state index in [9.17, 15) is 19.2 Å². The molecule has 4 amide bonds. The van der Waals surface area contributed by atoms with Crippen molar-refractivity contribution in [1.82, 2.24) is 20.6 Å². The number of imide groups is 2. The predicted octanol–water partition coefficient (Wildman–Crippen LogP) is 6.64. The number of thioether (sulfide) groups is 2. The third-order valence-electron chi connectivity index (χ3n) is 8.20. The van der Waals surface area contributed by atoms with E-state index in [4.69, 9.17) is 19.5 Å². The van der Waals surface area contributed by atoms with Gasteiger partial charge in [-0.15, -0.1) is 0 Å². The van der Waals surface area contributed by atoms with Crippen LogP contribution in [0.15, 0.2) is 95.5 Å². The Balaban J connectivity index is 0.000000209. The van der Waals surface area contributed by atoms with Gasteiger partial charge in [0.25, 0.3) is 10.5 Å². The molecule has 2 aromatic carbocycles. The Hall–Kier alpha value is -5.26. The van der Waals surface area contributed by atoms with E-state index in [1.54, 1.807) is 24.3 Å². The molecule has 2 aliphatic rings. The third-order valence-corrected chi connectivity index (χ3v) is 10.7. The molecule has 0 aliphatic carbocycles. The second kappa shape index (κ2) is 23.1. The summed E-state index contributed by atoms with van der Waals surface area (Å²) in [6.45, 7) is 4.38. The van der Waals surface area contributed by atoms with Crippen molar-refractivity contribution in [3.05, 3.63) is 119 Å². The van der Waals surface area contributed by atoms with Crippen molar-refractivity contribution >= 4 is 73.2 Å². The lowest BCUT2D eigenvalue weighted by Gasteiger charge is -2.10. The van der Waals surface area contributed by atoms with Crippen LogP contribution in [-0.4, -0.2) is 85.4 Å². The number of phenols is 1. The molecule has 0 radical (unpaired) electrons. The molecule has 0 saturated carbocycles. The summed E-state index contributed by atoms with van der Waals surface area (Å²) in [7, 11) is 3.01. The zero-order valence-corrected chi connectivity index (χ0v) is 35.0. The highest BCUT2D eigenvalue weighted by Gasteiger charge is 2.32. The number of carbonyl (C=O) groups excluding carboxylic acids is 4. The van der Waals surface area contributed by atoms with Gasteiger partial charge in [0.05, 0.1) is 27.2 Å². The monoisotopic (exact) mass is 878 g/mol. The molecule has 2 atom stereocenters. The van der Waals surface area contributed by atoms with E-state index in [-0.39, 0.29) is 45.1 Å². The normalized spacial score (nSPS) is 16.4. The Morgan fingerprint density at radius 2 is 1.12 bits per heavy atom. The van der Waals surface area contributed by atoms with Crippen molar-refractivity contribution in [1.29, 1.82) is 0 Å². The van der Waals surface area contributed by atoms with E-state index in [0.717, 1.165) is 64.5 Å². The summed E-state index contributed by atoms with van der Waals surface area (Å²) in [5.74, 6) is 0.381. The molecule has 0 bridgehead atoms. The van der Waals surface area contributed by atoms with Gasteiger partial charge in [-0.05, 0) is 84.3 Å². The highest BCUT2D eigenvalue weighted by atomic mass is 79.9. The number of carbonyl (C=O) groups is 4. The fourth-order valence-corrected chi connectivity index (χ4v) is 7.21. The number of aromatic nitrogens is 2. The Bertz CT molecular complexity index is 2020. The van der Waals surface area contributed by atoms with Crippen LogP contribution in [0.2, 0.25) is 0 Å². The van der Waals surface area contributed by atoms with Gasteiger partial charge in [-0.25, -0.2) is 0 Å². The number of aryl methyl sites for hydroxylation is 2. The summed E-state index contributed by atoms with van der Waals surface area (Å²) in [4.78, 5) is 63.4. The molecule has 2 saturated heterocycles. The number of alkyl halides is 1. The van der Waals surface area contributed by atoms with Crippen LogP contribution in [0.5, 0.6) is 11.5 Å². The number of amides is 4. The summed E-state index contributed by atoms with van der Waals surface area (Å²) in [5.41, 5.74) is 7.19. The first-order valence-electron chi connectivity index (χ1n) is 17.7. The van der Waals surface area contributed by atoms with Crippen molar-refractivity contribution in [2.75, 3.05) is 26.2 Å². The minimum atomic E-state index is -0.378. The number of benzene rings is 2. The van der Waals surface area contributed by atoms with Crippen LogP contribution in [0, 0.1) is 0 Å². The number of nitrogens with one attached hydrogen (secondary N) is 2. The molecular weight excluding hydrogens is 837 g/mol. The number of phenolic OH excluding ortho intramolecular Hbond substituents is 1. The minimum absolute atomic E-state index is 0.193. The van der Waals surface area contributed by atoms with E-state index in [0.29, 0.717) is 35.3 Å². The Morgan fingerprint density at radius 3 is 1.51 bits per heavy atom. The number of ether oxygens (including phenoxy) is 1. The highest BCUT2D eigenvalue weighted by Crippen LogP contribution is 2.25. The van der Waals surface area contributed by atoms with E-state index < -0.39 is 0 Å². The molecule has 2 unspecified atom stereocenters. The van der Waals surface area contributed by atoms with Gasteiger partial charge in [-0.2, -0.15) is 0 Å². The quantitative estimate of drug-likeness (QED) is 0.0696. The first-order chi connectivity index (χ1) is 27.5. The average molecular weight is 880 g/mol. The van der Waals surface area contributed by atoms with Gasteiger partial charge in [0.15, 0.2) is 0 Å². The summed E-state index contributed by atoms with van der Waals surface area (Å²) in [5, 5.41) is 20.8. The van der Waals surface area contributed by atoms with Gasteiger partial charge in [-0.3, -0.25) is 39.8 Å². The molecule has 14 nitrogen and oxygen atoms in total. The summed E-state index contributed by atoms with van der Waals surface area (Å²) in [6, 6.07) is 21.9. The largest absolute Gasteiger partial charge is 0.508 e. The Morgan fingerprint density at radius 1 is 0.684 bits per heavy atom. The van der Waals surface area contributed by atoms with Crippen LogP contribution in [0.4, 0.5) is 9.59 Å². The third kappa shape index (κ3) is 14.3. The molecule has 4 aromatic rings. The van der Waals surface area contributed by atoms with Crippen LogP contribution in [0.25, 0.3) is 0 Å². The molecule has 2 aromatic heterocycles. The van der Waals surface area contributed by atoms with Crippen LogP contribution < -0.4 is 15.4 Å². The topological polar surface area (TPSA) is 191 Å². The van der Waals surface area contributed by atoms with Gasteiger partial charge < -0.3 is 19.5 Å². The Kier molecular flexibility index (Phi) is 18.0. The van der Waals surface area contributed by atoms with Crippen molar-refractivity contribution in [3.8, 4) is 11.5 Å². The molecule has 17 heteroatoms. The lowest BCUT2D eigenvalue weighted by Crippen LogP contribution is -2.25. The van der Waals surface area contributed by atoms with Gasteiger partial charge in [0.2, 0.25) is 11.8 Å². The summed E-state index contributed by atoms with van der Waals surface area (Å²) < 4.78 is 5.81. The number of rotatable bonds is 14. The molecule has 3 N–H and O–H groups in total. The standard InChI is InChI=1S/C20H21N3O4S.C10H13BrN2O.C10H9NO3S/c1-3-13-6-9-16(21-11-13)17(23-26-2)12-27-15-7-4-14(5-8-15)10-18-19(24)22-20(25)28-18;1-3-8-4-5-9(12-7-8)10(6-11)13-14-2;12-7-3-1-6(2-4-7)5-8-9(13)11-10(14)15-8/h4-9,11,18H,3,10,12H2,1-2H3,(H,22,24,25);4-5,7H,3,6H2,1-2H3;1-4,8,12H,5H2,(H,11,13,14)/b23-17+;;. The number of aromatic hydroxyl groups is 1. The second-order valence-corrected chi connectivity index (χ2v) is 15.1. The maximum Gasteiger partial charge on any atom is 0.286 e. The molecule has 0 spiro atoms. The number of pyridine rings is 2. The van der Waals surface area contributed by atoms with Gasteiger partial charge in [0, 0.05) is 12.4 Å². The van der Waals surface area contributed by atoms with Crippen LogP contribution in [-0.2, 0) is 44.9 Å². The molecule has 2 fully saturated rings. The average Bonchev–Trinajstić information content (AvgIpc) is 3.73. The van der Waals surface area contributed by atoms with Gasteiger partial charge in [0.1, 0.15) is 43.7 Å². The van der Waals surface area contributed by atoms with Crippen LogP contribution in [0.3, 0.4) is 0 Å². The highest BCUT2D eigenvalue weighted by molar-refractivity contribution is 9.09. The molecule has 57 heavy (non-hydrogen) atoms. The SMILES string of the molecule is CCc1ccc(/C(COc2ccc(CC3SC(=O)NC3=O)cc2)=N/OC)nc1.CCc1ccc(C(CBr)=NOC)nc1.O=C1NC(=O)C(Cc2ccc(O)cc2)S1. The summed E-state index contributed by atoms with van der Waals surface area (Å²) >= 11 is 5.37. The molecule has 2 aliphatic heterocycles. The number of hydrogen-bond acceptors (Lipinski definition) is 14. The number of oxime groups is 2. The number of hydrogen-bond donors (Lipinski definition) is 3. The van der Waals surface area contributed by atoms with Crippen LogP contribution >= 0.6 is 39.5 Å². The van der Waals surface area contributed by atoms with Crippen molar-refractivity contribution in [3.63, 3.8) is 0 Å². The lowest BCUT2D eigenvalue weighted by molar-refractivity contribution is -0.119. The van der Waals surface area contributed by atoms with Crippen LogP contribution in [0.1, 0.15) is 47.5 Å². The predicted molar refractivity (Wildman–Crippen MR) is 225 cm³/mol. The fourth-order valence-electron chi connectivity index (χ4n) is 5.10. The maximum atomic E-state index is 11.7. The summed E-state index contributed by atoms with van der Waals surface area (Å²) in [6.07, 6.45) is 6.59. The molecule has 4 heterocycles. The Labute approximate surface area is 347 Å². The van der Waals surface area contributed by atoms with Crippen molar-refractivity contribution in [2.45, 2.75) is 50.0 Å². The van der Waals surface area contributed by atoms with E-state index in [1.165, 1.54) is 19.8 Å². The van der Waals surface area contributed by atoms with Gasteiger partial charge in [-0.1, -0.05) is 100 Å². The molecule has 6 rings (SSSR count). The van der Waals surface area contributed by atoms with Crippen molar-refractivity contribution < 1.29 is 38.7 Å². The zero-order valence-electron chi connectivity index (χ0n) is 31.8. The smallest absolute Gasteiger partial charge is 0.286 e. The van der Waals surface area contributed by atoms with E-state index in [2.05, 4.69) is 66.8 Å². The molecule has 300 valence electrons. The maximum absolute atomic E-state index is 11.7. The van der Waals surface area contributed by atoms with E-state index in [1.807, 2.05) is 54.9 Å². The van der Waals surface area contributed by atoms with Gasteiger partial charge >= 0.3 is 0 Å². The van der Waals surface area contributed by atoms with E-state index >= 15 is 0 Å². The number of nitrogens with zero attached hydrogens (tertiary/aromatic N) is 4. The first kappa shape index (κ1) is 44.5. The second-order valence-electron chi connectivity index (χ2n) is 12.2.